The van der Waals surface area contributed by atoms with Crippen molar-refractivity contribution >= 4 is 35.8 Å². The monoisotopic (exact) mass is 513 g/mol. The summed E-state index contributed by atoms with van der Waals surface area (Å²) in [7, 11) is 3.74. The second kappa shape index (κ2) is 10.8. The highest BCUT2D eigenvalue weighted by molar-refractivity contribution is 14.0. The predicted molar refractivity (Wildman–Crippen MR) is 127 cm³/mol. The van der Waals surface area contributed by atoms with Gasteiger partial charge >= 0.3 is 0 Å². The molecule has 3 heterocycles. The zero-order chi connectivity index (χ0) is 20.1. The number of hydrogen-bond acceptors (Lipinski definition) is 5. The van der Waals surface area contributed by atoms with Gasteiger partial charge in [-0.05, 0) is 32.4 Å². The van der Waals surface area contributed by atoms with Crippen LogP contribution in [0.15, 0.2) is 23.3 Å². The number of nitrogens with zero attached hydrogens (tertiary/aromatic N) is 5. The molecule has 1 aliphatic heterocycles. The van der Waals surface area contributed by atoms with Crippen LogP contribution < -0.4 is 15.5 Å². The van der Waals surface area contributed by atoms with Crippen molar-refractivity contribution < 1.29 is 4.74 Å². The summed E-state index contributed by atoms with van der Waals surface area (Å²) in [6, 6.07) is 4.19. The van der Waals surface area contributed by atoms with Gasteiger partial charge in [-0.25, -0.2) is 4.98 Å². The summed E-state index contributed by atoms with van der Waals surface area (Å²) in [5.74, 6) is 1.76. The van der Waals surface area contributed by atoms with Gasteiger partial charge in [-0.3, -0.25) is 9.67 Å². The average Bonchev–Trinajstić information content (AvgIpc) is 2.94. The van der Waals surface area contributed by atoms with E-state index in [4.69, 9.17) is 4.74 Å². The zero-order valence-electron chi connectivity index (χ0n) is 17.9. The molecular formula is C20H32IN7O. The smallest absolute Gasteiger partial charge is 0.191 e. The number of hydrogen-bond donors (Lipinski definition) is 2. The van der Waals surface area contributed by atoms with Gasteiger partial charge in [0.2, 0.25) is 0 Å². The zero-order valence-corrected chi connectivity index (χ0v) is 20.2. The Morgan fingerprint density at radius 1 is 1.28 bits per heavy atom. The van der Waals surface area contributed by atoms with Crippen molar-refractivity contribution in [2.75, 3.05) is 31.6 Å². The number of rotatable bonds is 5. The van der Waals surface area contributed by atoms with Gasteiger partial charge < -0.3 is 20.3 Å². The van der Waals surface area contributed by atoms with Crippen LogP contribution in [-0.4, -0.2) is 53.6 Å². The van der Waals surface area contributed by atoms with E-state index >= 15 is 0 Å². The maximum atomic E-state index is 5.60. The first-order valence-electron chi connectivity index (χ1n) is 9.73. The Balaban J connectivity index is 0.00000300. The van der Waals surface area contributed by atoms with E-state index in [1.165, 1.54) is 5.56 Å². The number of aliphatic imine (C=N–C) groups is 1. The first-order chi connectivity index (χ1) is 13.5. The van der Waals surface area contributed by atoms with Gasteiger partial charge in [-0.15, -0.1) is 24.0 Å². The largest absolute Gasteiger partial charge is 0.375 e. The number of anilines is 1. The summed E-state index contributed by atoms with van der Waals surface area (Å²) < 4.78 is 7.50. The lowest BCUT2D eigenvalue weighted by atomic mass is 10.2. The van der Waals surface area contributed by atoms with E-state index in [0.29, 0.717) is 13.1 Å². The molecule has 1 saturated heterocycles. The minimum Gasteiger partial charge on any atom is -0.375 e. The van der Waals surface area contributed by atoms with Crippen molar-refractivity contribution in [1.82, 2.24) is 25.4 Å². The van der Waals surface area contributed by atoms with Crippen molar-refractivity contribution in [3.63, 3.8) is 0 Å². The molecule has 0 aromatic carbocycles. The molecule has 1 unspecified atom stereocenters. The number of halogens is 1. The van der Waals surface area contributed by atoms with Crippen LogP contribution in [0.5, 0.6) is 0 Å². The molecule has 2 N–H and O–H groups in total. The molecule has 0 radical (unpaired) electrons. The highest BCUT2D eigenvalue weighted by atomic mass is 127. The minimum atomic E-state index is 0. The quantitative estimate of drug-likeness (QED) is 0.363. The van der Waals surface area contributed by atoms with Crippen molar-refractivity contribution in [3.8, 4) is 0 Å². The molecule has 160 valence electrons. The molecule has 0 amide bonds. The molecule has 2 aromatic heterocycles. The third-order valence-electron chi connectivity index (χ3n) is 5.15. The van der Waals surface area contributed by atoms with Crippen molar-refractivity contribution in [2.24, 2.45) is 12.0 Å². The van der Waals surface area contributed by atoms with E-state index in [-0.39, 0.29) is 30.1 Å². The molecule has 0 saturated carbocycles. The summed E-state index contributed by atoms with van der Waals surface area (Å²) in [6.07, 6.45) is 2.17. The maximum Gasteiger partial charge on any atom is 0.191 e. The SMILES string of the molecule is CN=C(NCc1ccc(N2CCOC(C)C2)nc1)NCc1c(C)nn(C)c1C.I. The van der Waals surface area contributed by atoms with Crippen LogP contribution in [0.25, 0.3) is 0 Å². The van der Waals surface area contributed by atoms with Gasteiger partial charge in [-0.2, -0.15) is 5.10 Å². The molecule has 1 aliphatic rings. The van der Waals surface area contributed by atoms with E-state index in [1.807, 2.05) is 24.9 Å². The first-order valence-corrected chi connectivity index (χ1v) is 9.73. The second-order valence-corrected chi connectivity index (χ2v) is 7.20. The molecule has 29 heavy (non-hydrogen) atoms. The summed E-state index contributed by atoms with van der Waals surface area (Å²) in [5.41, 5.74) is 4.52. The van der Waals surface area contributed by atoms with Gasteiger partial charge in [-0.1, -0.05) is 6.07 Å². The molecular weight excluding hydrogens is 481 g/mol. The van der Waals surface area contributed by atoms with Crippen LogP contribution in [0.3, 0.4) is 0 Å². The topological polar surface area (TPSA) is 79.6 Å². The summed E-state index contributed by atoms with van der Waals surface area (Å²) in [4.78, 5) is 11.2. The lowest BCUT2D eigenvalue weighted by Gasteiger charge is -2.32. The molecule has 8 nitrogen and oxygen atoms in total. The van der Waals surface area contributed by atoms with Crippen LogP contribution in [0, 0.1) is 13.8 Å². The summed E-state index contributed by atoms with van der Waals surface area (Å²) in [5, 5.41) is 11.2. The number of pyridine rings is 1. The Kier molecular flexibility index (Phi) is 8.69. The van der Waals surface area contributed by atoms with E-state index < -0.39 is 0 Å². The van der Waals surface area contributed by atoms with Gasteiger partial charge in [0.25, 0.3) is 0 Å². The van der Waals surface area contributed by atoms with Crippen molar-refractivity contribution in [2.45, 2.75) is 40.0 Å². The first kappa shape index (κ1) is 23.4. The molecule has 1 atom stereocenters. The average molecular weight is 513 g/mol. The molecule has 3 rings (SSSR count). The maximum absolute atomic E-state index is 5.60. The van der Waals surface area contributed by atoms with Crippen LogP contribution >= 0.6 is 24.0 Å². The number of guanidine groups is 1. The highest BCUT2D eigenvalue weighted by Gasteiger charge is 2.17. The minimum absolute atomic E-state index is 0. The Morgan fingerprint density at radius 3 is 2.62 bits per heavy atom. The third-order valence-corrected chi connectivity index (χ3v) is 5.15. The Hall–Kier alpha value is -1.88. The predicted octanol–water partition coefficient (Wildman–Crippen LogP) is 2.14. The molecule has 1 fully saturated rings. The fraction of sp³-hybridized carbons (Fsp3) is 0.550. The van der Waals surface area contributed by atoms with E-state index in [9.17, 15) is 0 Å². The number of morpholine rings is 1. The van der Waals surface area contributed by atoms with E-state index in [2.05, 4.69) is 56.6 Å². The number of ether oxygens (including phenoxy) is 1. The van der Waals surface area contributed by atoms with E-state index in [0.717, 1.165) is 48.4 Å². The molecule has 0 spiro atoms. The Bertz CT molecular complexity index is 819. The van der Waals surface area contributed by atoms with Gasteiger partial charge in [0.1, 0.15) is 5.82 Å². The molecule has 9 heteroatoms. The number of aromatic nitrogens is 3. The second-order valence-electron chi connectivity index (χ2n) is 7.20. The normalized spacial score (nSPS) is 17.1. The lowest BCUT2D eigenvalue weighted by Crippen LogP contribution is -2.41. The fourth-order valence-corrected chi connectivity index (χ4v) is 3.39. The van der Waals surface area contributed by atoms with Gasteiger partial charge in [0.05, 0.1) is 18.4 Å². The van der Waals surface area contributed by atoms with Crippen LogP contribution in [0.4, 0.5) is 5.82 Å². The van der Waals surface area contributed by atoms with Gasteiger partial charge in [0.15, 0.2) is 5.96 Å². The van der Waals surface area contributed by atoms with Crippen molar-refractivity contribution in [1.29, 1.82) is 0 Å². The molecule has 2 aromatic rings. The summed E-state index contributed by atoms with van der Waals surface area (Å²) >= 11 is 0. The van der Waals surface area contributed by atoms with E-state index in [1.54, 1.807) is 7.05 Å². The molecule has 0 bridgehead atoms. The third kappa shape index (κ3) is 6.05. The Labute approximate surface area is 190 Å². The van der Waals surface area contributed by atoms with Crippen LogP contribution in [-0.2, 0) is 24.9 Å². The highest BCUT2D eigenvalue weighted by Crippen LogP contribution is 2.15. The lowest BCUT2D eigenvalue weighted by molar-refractivity contribution is 0.0529. The summed E-state index contributed by atoms with van der Waals surface area (Å²) in [6.45, 7) is 10.1. The van der Waals surface area contributed by atoms with Crippen molar-refractivity contribution in [3.05, 3.63) is 40.8 Å². The fourth-order valence-electron chi connectivity index (χ4n) is 3.39. The van der Waals surface area contributed by atoms with Gasteiger partial charge in [0, 0.05) is 57.7 Å². The van der Waals surface area contributed by atoms with Crippen LogP contribution in [0.1, 0.15) is 29.4 Å². The number of aryl methyl sites for hydroxylation is 2. The standard InChI is InChI=1S/C20H31N7O.HI/c1-14-13-27(8-9-28-14)19-7-6-17(10-22-19)11-23-20(21-4)24-12-18-15(2)25-26(5)16(18)3;/h6-7,10,14H,8-9,11-13H2,1-5H3,(H2,21,23,24);1H. The Morgan fingerprint density at radius 2 is 2.03 bits per heavy atom. The van der Waals surface area contributed by atoms with Crippen LogP contribution in [0.2, 0.25) is 0 Å². The number of nitrogens with one attached hydrogen (secondary N) is 2. The molecule has 0 aliphatic carbocycles.